The number of unbranched alkanes of at least 4 members (excludes halogenated alkanes) is 1. The number of carbonyl (C=O) groups is 2. The molecule has 0 bridgehead atoms. The van der Waals surface area contributed by atoms with Crippen LogP contribution in [-0.4, -0.2) is 59.0 Å². The molecule has 1 aliphatic rings. The van der Waals surface area contributed by atoms with Crippen LogP contribution >= 0.6 is 0 Å². The average Bonchev–Trinajstić information content (AvgIpc) is 3.05. The number of fused-ring (bicyclic) bond motifs is 1. The van der Waals surface area contributed by atoms with Gasteiger partial charge in [0.05, 0.1) is 44.4 Å². The number of carbonyl (C=O) groups excluding carboxylic acids is 2. The molecule has 0 fully saturated rings. The number of ether oxygens (including phenoxy) is 3. The Morgan fingerprint density at radius 3 is 2.41 bits per heavy atom. The minimum atomic E-state index is -3.71. The van der Waals surface area contributed by atoms with Gasteiger partial charge in [0.2, 0.25) is 0 Å². The summed E-state index contributed by atoms with van der Waals surface area (Å²) in [6.07, 6.45) is 3.02. The summed E-state index contributed by atoms with van der Waals surface area (Å²) < 4.78 is 43.2. The van der Waals surface area contributed by atoms with Crippen molar-refractivity contribution in [1.82, 2.24) is 10.6 Å². The molecule has 2 aromatic carbocycles. The van der Waals surface area contributed by atoms with Gasteiger partial charge in [-0.05, 0) is 36.1 Å². The van der Waals surface area contributed by atoms with Crippen LogP contribution in [0.15, 0.2) is 47.4 Å². The Kier molecular flexibility index (Phi) is 10.5. The lowest BCUT2D eigenvalue weighted by Crippen LogP contribution is -2.50. The van der Waals surface area contributed by atoms with E-state index in [9.17, 15) is 18.0 Å². The number of methoxy groups -OCH3 is 3. The van der Waals surface area contributed by atoms with Gasteiger partial charge < -0.3 is 14.2 Å². The Labute approximate surface area is 231 Å². The SMILES string of the molecule is CCCC[C@]1(CC)CS(=O)(=O)c2cc(CN[C@@H](CC(=O)OC)C(=O)OC)c(OC)cc2[C@@H](c2ccccc2)N1. The highest BCUT2D eigenvalue weighted by atomic mass is 32.2. The van der Waals surface area contributed by atoms with Crippen LogP contribution in [0, 0.1) is 0 Å². The highest BCUT2D eigenvalue weighted by molar-refractivity contribution is 7.91. The molecule has 3 atom stereocenters. The third kappa shape index (κ3) is 7.17. The Morgan fingerprint density at radius 2 is 1.82 bits per heavy atom. The molecule has 39 heavy (non-hydrogen) atoms. The lowest BCUT2D eigenvalue weighted by molar-refractivity contribution is -0.149. The largest absolute Gasteiger partial charge is 0.496 e. The highest BCUT2D eigenvalue weighted by Gasteiger charge is 2.42. The molecular weight excluding hydrogens is 520 g/mol. The highest BCUT2D eigenvalue weighted by Crippen LogP contribution is 2.40. The van der Waals surface area contributed by atoms with Gasteiger partial charge >= 0.3 is 11.9 Å². The van der Waals surface area contributed by atoms with E-state index < -0.39 is 33.4 Å². The summed E-state index contributed by atoms with van der Waals surface area (Å²) in [6, 6.07) is 11.9. The minimum Gasteiger partial charge on any atom is -0.496 e. The van der Waals surface area contributed by atoms with E-state index in [0.717, 1.165) is 24.8 Å². The van der Waals surface area contributed by atoms with Crippen molar-refractivity contribution >= 4 is 21.8 Å². The molecule has 0 saturated carbocycles. The molecule has 9 nitrogen and oxygen atoms in total. The normalized spacial score (nSPS) is 20.8. The predicted molar refractivity (Wildman–Crippen MR) is 148 cm³/mol. The summed E-state index contributed by atoms with van der Waals surface area (Å²) in [4.78, 5) is 24.4. The molecular formula is C29H40N2O7S. The Morgan fingerprint density at radius 1 is 1.10 bits per heavy atom. The van der Waals surface area contributed by atoms with Crippen molar-refractivity contribution in [2.75, 3.05) is 27.1 Å². The summed E-state index contributed by atoms with van der Waals surface area (Å²) in [5.74, 6) is -0.759. The van der Waals surface area contributed by atoms with Crippen LogP contribution in [0.1, 0.15) is 68.7 Å². The molecule has 0 aromatic heterocycles. The summed E-state index contributed by atoms with van der Waals surface area (Å²) in [5, 5.41) is 6.76. The van der Waals surface area contributed by atoms with Crippen LogP contribution in [0.25, 0.3) is 0 Å². The molecule has 1 aliphatic heterocycles. The minimum absolute atomic E-state index is 0.0286. The molecule has 2 N–H and O–H groups in total. The van der Waals surface area contributed by atoms with Crippen molar-refractivity contribution in [3.63, 3.8) is 0 Å². The van der Waals surface area contributed by atoms with Crippen molar-refractivity contribution < 1.29 is 32.2 Å². The third-order valence-corrected chi connectivity index (χ3v) is 9.37. The van der Waals surface area contributed by atoms with Gasteiger partial charge in [-0.2, -0.15) is 0 Å². The zero-order chi connectivity index (χ0) is 28.6. The monoisotopic (exact) mass is 560 g/mol. The van der Waals surface area contributed by atoms with Crippen LogP contribution in [-0.2, 0) is 35.4 Å². The van der Waals surface area contributed by atoms with Crippen LogP contribution in [0.2, 0.25) is 0 Å². The summed E-state index contributed by atoms with van der Waals surface area (Å²) in [6.45, 7) is 4.20. The van der Waals surface area contributed by atoms with Gasteiger partial charge in [0.25, 0.3) is 0 Å². The van der Waals surface area contributed by atoms with Gasteiger partial charge in [0.15, 0.2) is 9.84 Å². The van der Waals surface area contributed by atoms with Crippen molar-refractivity contribution in [2.24, 2.45) is 0 Å². The van der Waals surface area contributed by atoms with Crippen LogP contribution in [0.4, 0.5) is 0 Å². The van der Waals surface area contributed by atoms with Crippen molar-refractivity contribution in [3.8, 4) is 5.75 Å². The maximum Gasteiger partial charge on any atom is 0.323 e. The second kappa shape index (κ2) is 13.4. The topological polar surface area (TPSA) is 120 Å². The number of hydrogen-bond donors (Lipinski definition) is 2. The lowest BCUT2D eigenvalue weighted by Gasteiger charge is -2.36. The van der Waals surface area contributed by atoms with E-state index >= 15 is 0 Å². The first-order chi connectivity index (χ1) is 18.6. The van der Waals surface area contributed by atoms with Gasteiger partial charge in [-0.3, -0.25) is 20.2 Å². The van der Waals surface area contributed by atoms with E-state index in [1.54, 1.807) is 12.1 Å². The molecule has 10 heteroatoms. The average molecular weight is 561 g/mol. The lowest BCUT2D eigenvalue weighted by atomic mass is 9.88. The summed E-state index contributed by atoms with van der Waals surface area (Å²) in [5.41, 5.74) is 1.52. The quantitative estimate of drug-likeness (QED) is 0.375. The fourth-order valence-electron chi connectivity index (χ4n) is 5.12. The van der Waals surface area contributed by atoms with E-state index in [1.165, 1.54) is 21.3 Å². The molecule has 1 heterocycles. The van der Waals surface area contributed by atoms with Crippen molar-refractivity contribution in [1.29, 1.82) is 0 Å². The Balaban J connectivity index is 2.12. The fraction of sp³-hybridized carbons (Fsp3) is 0.517. The molecule has 214 valence electrons. The molecule has 0 unspecified atom stereocenters. The molecule has 2 aromatic rings. The van der Waals surface area contributed by atoms with Gasteiger partial charge in [0.1, 0.15) is 11.8 Å². The maximum atomic E-state index is 14.0. The molecule has 3 rings (SSSR count). The van der Waals surface area contributed by atoms with Gasteiger partial charge in [-0.25, -0.2) is 8.42 Å². The van der Waals surface area contributed by atoms with Crippen molar-refractivity contribution in [2.45, 2.75) is 75.0 Å². The Bertz CT molecular complexity index is 1250. The van der Waals surface area contributed by atoms with E-state index in [4.69, 9.17) is 14.2 Å². The fourth-order valence-corrected chi connectivity index (χ4v) is 7.29. The molecule has 0 amide bonds. The zero-order valence-corrected chi connectivity index (χ0v) is 24.2. The number of rotatable bonds is 12. The van der Waals surface area contributed by atoms with E-state index in [0.29, 0.717) is 23.3 Å². The number of sulfone groups is 1. The summed E-state index contributed by atoms with van der Waals surface area (Å²) in [7, 11) is 0.284. The number of benzene rings is 2. The van der Waals surface area contributed by atoms with Crippen LogP contribution in [0.5, 0.6) is 5.75 Å². The standard InChI is InChI=1S/C29H40N2O7S/c1-6-8-14-29(7-2)19-39(34,35)25-15-21(18-30-23(28(33)38-5)17-26(32)37-4)24(36-3)16-22(25)27(31-29)20-12-10-9-11-13-20/h9-13,15-16,23,27,30-31H,6-8,14,17-19H2,1-5H3/t23-,27+,29+/m0/s1. The molecule has 0 aliphatic carbocycles. The molecule has 0 radical (unpaired) electrons. The van der Waals surface area contributed by atoms with E-state index in [1.807, 2.05) is 37.3 Å². The van der Waals surface area contributed by atoms with Gasteiger partial charge in [-0.15, -0.1) is 0 Å². The second-order valence-electron chi connectivity index (χ2n) is 9.92. The first-order valence-corrected chi connectivity index (χ1v) is 14.9. The van der Waals surface area contributed by atoms with Crippen molar-refractivity contribution in [3.05, 3.63) is 59.2 Å². The predicted octanol–water partition coefficient (Wildman–Crippen LogP) is 3.69. The van der Waals surface area contributed by atoms with Crippen LogP contribution in [0.3, 0.4) is 0 Å². The third-order valence-electron chi connectivity index (χ3n) is 7.42. The second-order valence-corrected chi connectivity index (χ2v) is 11.9. The maximum absolute atomic E-state index is 14.0. The van der Waals surface area contributed by atoms with Crippen LogP contribution < -0.4 is 15.4 Å². The van der Waals surface area contributed by atoms with Gasteiger partial charge in [0, 0.05) is 17.6 Å². The van der Waals surface area contributed by atoms with E-state index in [-0.39, 0.29) is 29.7 Å². The first kappa shape index (κ1) is 30.6. The van der Waals surface area contributed by atoms with E-state index in [2.05, 4.69) is 17.6 Å². The number of esters is 2. The number of nitrogens with one attached hydrogen (secondary N) is 2. The Hall–Kier alpha value is -2.95. The smallest absolute Gasteiger partial charge is 0.323 e. The first-order valence-electron chi connectivity index (χ1n) is 13.3. The zero-order valence-electron chi connectivity index (χ0n) is 23.4. The summed E-state index contributed by atoms with van der Waals surface area (Å²) >= 11 is 0. The molecule has 0 spiro atoms. The molecule has 0 saturated heterocycles. The number of hydrogen-bond acceptors (Lipinski definition) is 9. The van der Waals surface area contributed by atoms with Gasteiger partial charge in [-0.1, -0.05) is 57.0 Å².